The Morgan fingerprint density at radius 3 is 2.62 bits per heavy atom. The molecule has 172 valence electrons. The molecular weight excluding hydrogens is 416 g/mol. The molecule has 0 unspecified atom stereocenters. The summed E-state index contributed by atoms with van der Waals surface area (Å²) in [5, 5.41) is 5.38. The maximum Gasteiger partial charge on any atom is 0.319 e. The SMILES string of the molecule is COc1ccc([C@@]23CC[C@H](NC(=O)Nc4cc(F)ccc4F)C[C@H]2N(C)CC3)cc1OC. The molecule has 1 aliphatic heterocycles. The van der Waals surface area contributed by atoms with Crippen LogP contribution < -0.4 is 20.1 Å². The van der Waals surface area contributed by atoms with Crippen molar-refractivity contribution in [3.8, 4) is 11.5 Å². The minimum absolute atomic E-state index is 0.0301. The third kappa shape index (κ3) is 4.11. The molecule has 8 heteroatoms. The quantitative estimate of drug-likeness (QED) is 0.721. The Balaban J connectivity index is 1.49. The fraction of sp³-hybridized carbons (Fsp3) is 0.458. The molecule has 2 N–H and O–H groups in total. The average Bonchev–Trinajstić information content (AvgIpc) is 3.13. The molecule has 0 spiro atoms. The van der Waals surface area contributed by atoms with E-state index in [0.29, 0.717) is 11.5 Å². The number of nitrogens with zero attached hydrogens (tertiary/aromatic N) is 1. The molecule has 0 radical (unpaired) electrons. The Morgan fingerprint density at radius 1 is 1.09 bits per heavy atom. The first-order chi connectivity index (χ1) is 15.4. The summed E-state index contributed by atoms with van der Waals surface area (Å²) in [6, 6.07) is 8.76. The zero-order valence-electron chi connectivity index (χ0n) is 18.6. The van der Waals surface area contributed by atoms with E-state index in [1.807, 2.05) is 6.07 Å². The fourth-order valence-electron chi connectivity index (χ4n) is 5.33. The van der Waals surface area contributed by atoms with E-state index in [-0.39, 0.29) is 23.2 Å². The van der Waals surface area contributed by atoms with Crippen molar-refractivity contribution in [3.63, 3.8) is 0 Å². The number of halogens is 2. The first-order valence-electron chi connectivity index (χ1n) is 10.8. The molecule has 1 aliphatic carbocycles. The number of carbonyl (C=O) groups excluding carboxylic acids is 1. The molecule has 2 aliphatic rings. The molecule has 32 heavy (non-hydrogen) atoms. The van der Waals surface area contributed by atoms with E-state index < -0.39 is 17.7 Å². The number of hydrogen-bond donors (Lipinski definition) is 2. The van der Waals surface area contributed by atoms with Gasteiger partial charge in [0.15, 0.2) is 11.5 Å². The summed E-state index contributed by atoms with van der Waals surface area (Å²) in [5.74, 6) is 0.136. The van der Waals surface area contributed by atoms with Gasteiger partial charge in [-0.25, -0.2) is 13.6 Å². The minimum atomic E-state index is -0.673. The number of likely N-dealkylation sites (N-methyl/N-ethyl adjacent to an activating group) is 1. The van der Waals surface area contributed by atoms with Crippen molar-refractivity contribution in [1.82, 2.24) is 10.2 Å². The molecule has 1 saturated heterocycles. The lowest BCUT2D eigenvalue weighted by atomic mass is 9.65. The number of benzene rings is 2. The lowest BCUT2D eigenvalue weighted by Crippen LogP contribution is -2.52. The molecule has 6 nitrogen and oxygen atoms in total. The van der Waals surface area contributed by atoms with Gasteiger partial charge >= 0.3 is 6.03 Å². The van der Waals surface area contributed by atoms with Gasteiger partial charge in [0.25, 0.3) is 0 Å². The first-order valence-corrected chi connectivity index (χ1v) is 10.8. The van der Waals surface area contributed by atoms with Crippen molar-refractivity contribution in [2.24, 2.45) is 0 Å². The van der Waals surface area contributed by atoms with Gasteiger partial charge in [-0.2, -0.15) is 0 Å². The molecule has 0 aromatic heterocycles. The third-order valence-electron chi connectivity index (χ3n) is 7.00. The number of hydrogen-bond acceptors (Lipinski definition) is 4. The van der Waals surface area contributed by atoms with E-state index in [1.54, 1.807) is 14.2 Å². The molecule has 0 bridgehead atoms. The van der Waals surface area contributed by atoms with Gasteiger partial charge < -0.3 is 25.0 Å². The molecule has 2 amide bonds. The fourth-order valence-corrected chi connectivity index (χ4v) is 5.33. The summed E-state index contributed by atoms with van der Waals surface area (Å²) < 4.78 is 38.2. The predicted molar refractivity (Wildman–Crippen MR) is 118 cm³/mol. The van der Waals surface area contributed by atoms with Crippen LogP contribution in [0.4, 0.5) is 19.3 Å². The smallest absolute Gasteiger partial charge is 0.319 e. The van der Waals surface area contributed by atoms with Crippen molar-refractivity contribution in [3.05, 3.63) is 53.6 Å². The molecule has 2 aromatic rings. The number of ether oxygens (including phenoxy) is 2. The number of carbonyl (C=O) groups is 1. The molecular formula is C24H29F2N3O3. The van der Waals surface area contributed by atoms with Crippen LogP contribution in [0.3, 0.4) is 0 Å². The third-order valence-corrected chi connectivity index (χ3v) is 7.00. The number of likely N-dealkylation sites (tertiary alicyclic amines) is 1. The van der Waals surface area contributed by atoms with Crippen LogP contribution in [-0.4, -0.2) is 50.8 Å². The summed E-state index contributed by atoms with van der Waals surface area (Å²) in [7, 11) is 5.37. The van der Waals surface area contributed by atoms with Gasteiger partial charge in [0, 0.05) is 23.6 Å². The van der Waals surface area contributed by atoms with Gasteiger partial charge in [-0.05, 0) is 69.1 Å². The molecule has 1 heterocycles. The van der Waals surface area contributed by atoms with Crippen molar-refractivity contribution < 1.29 is 23.0 Å². The summed E-state index contributed by atoms with van der Waals surface area (Å²) >= 11 is 0. The summed E-state index contributed by atoms with van der Waals surface area (Å²) in [6.07, 6.45) is 3.48. The highest BCUT2D eigenvalue weighted by Gasteiger charge is 2.50. The molecule has 2 aromatic carbocycles. The van der Waals surface area contributed by atoms with Gasteiger partial charge in [0.2, 0.25) is 0 Å². The van der Waals surface area contributed by atoms with Crippen molar-refractivity contribution in [1.29, 1.82) is 0 Å². The van der Waals surface area contributed by atoms with Crippen LogP contribution >= 0.6 is 0 Å². The highest BCUT2D eigenvalue weighted by Crippen LogP contribution is 2.49. The predicted octanol–water partition coefficient (Wildman–Crippen LogP) is 4.30. The molecule has 4 rings (SSSR count). The van der Waals surface area contributed by atoms with Gasteiger partial charge in [-0.3, -0.25) is 0 Å². The van der Waals surface area contributed by atoms with Crippen LogP contribution in [0.15, 0.2) is 36.4 Å². The van der Waals surface area contributed by atoms with E-state index in [2.05, 4.69) is 34.7 Å². The molecule has 2 fully saturated rings. The van der Waals surface area contributed by atoms with Crippen LogP contribution in [-0.2, 0) is 5.41 Å². The van der Waals surface area contributed by atoms with E-state index in [9.17, 15) is 13.6 Å². The highest BCUT2D eigenvalue weighted by atomic mass is 19.1. The minimum Gasteiger partial charge on any atom is -0.493 e. The number of nitrogens with one attached hydrogen (secondary N) is 2. The summed E-state index contributed by atoms with van der Waals surface area (Å²) in [5.41, 5.74) is 1.02. The largest absolute Gasteiger partial charge is 0.493 e. The maximum atomic E-state index is 13.9. The Morgan fingerprint density at radius 2 is 1.88 bits per heavy atom. The zero-order chi connectivity index (χ0) is 22.9. The number of anilines is 1. The van der Waals surface area contributed by atoms with Crippen molar-refractivity contribution in [2.45, 2.75) is 43.2 Å². The lowest BCUT2D eigenvalue weighted by molar-refractivity contribution is 0.156. The Hall–Kier alpha value is -2.87. The summed E-state index contributed by atoms with van der Waals surface area (Å²) in [4.78, 5) is 14.8. The molecule has 1 saturated carbocycles. The second-order valence-corrected chi connectivity index (χ2v) is 8.67. The summed E-state index contributed by atoms with van der Waals surface area (Å²) in [6.45, 7) is 0.965. The van der Waals surface area contributed by atoms with Gasteiger partial charge in [-0.15, -0.1) is 0 Å². The Bertz CT molecular complexity index is 1000. The standard InChI is InChI=1S/C24H29F2N3O3/c1-29-11-10-24(15-4-7-20(31-2)21(12-15)32-3)9-8-17(14-22(24)29)27-23(30)28-19-13-16(25)5-6-18(19)26/h4-7,12-13,17,22H,8-11,14H2,1-3H3,(H2,27,28,30)/t17-,22+,24-/m0/s1. The van der Waals surface area contributed by atoms with Crippen LogP contribution in [0.2, 0.25) is 0 Å². The number of urea groups is 1. The number of amides is 2. The Labute approximate surface area is 186 Å². The monoisotopic (exact) mass is 445 g/mol. The number of methoxy groups -OCH3 is 2. The van der Waals surface area contributed by atoms with Gasteiger partial charge in [0.1, 0.15) is 11.6 Å². The highest BCUT2D eigenvalue weighted by molar-refractivity contribution is 5.89. The van der Waals surface area contributed by atoms with Crippen LogP contribution in [0, 0.1) is 11.6 Å². The topological polar surface area (TPSA) is 62.8 Å². The van der Waals surface area contributed by atoms with Crippen LogP contribution in [0.1, 0.15) is 31.2 Å². The van der Waals surface area contributed by atoms with Crippen LogP contribution in [0.25, 0.3) is 0 Å². The van der Waals surface area contributed by atoms with E-state index in [0.717, 1.165) is 50.4 Å². The first kappa shape index (κ1) is 22.3. The van der Waals surface area contributed by atoms with Gasteiger partial charge in [-0.1, -0.05) is 6.07 Å². The van der Waals surface area contributed by atoms with Gasteiger partial charge in [0.05, 0.1) is 19.9 Å². The number of rotatable bonds is 5. The Kier molecular flexibility index (Phi) is 6.24. The molecule has 3 atom stereocenters. The zero-order valence-corrected chi connectivity index (χ0v) is 18.6. The lowest BCUT2D eigenvalue weighted by Gasteiger charge is -2.45. The normalized spacial score (nSPS) is 25.2. The van der Waals surface area contributed by atoms with E-state index >= 15 is 0 Å². The average molecular weight is 446 g/mol. The van der Waals surface area contributed by atoms with E-state index in [1.165, 1.54) is 5.56 Å². The second-order valence-electron chi connectivity index (χ2n) is 8.67. The van der Waals surface area contributed by atoms with Crippen molar-refractivity contribution >= 4 is 11.7 Å². The van der Waals surface area contributed by atoms with Crippen LogP contribution in [0.5, 0.6) is 11.5 Å². The van der Waals surface area contributed by atoms with Crippen molar-refractivity contribution in [2.75, 3.05) is 33.1 Å². The van der Waals surface area contributed by atoms with E-state index in [4.69, 9.17) is 9.47 Å². The second kappa shape index (κ2) is 8.94. The maximum absolute atomic E-state index is 13.9. The number of fused-ring (bicyclic) bond motifs is 1.